The van der Waals surface area contributed by atoms with Gasteiger partial charge in [0.05, 0.1) is 17.8 Å². The van der Waals surface area contributed by atoms with Crippen LogP contribution in [0.25, 0.3) is 0 Å². The van der Waals surface area contributed by atoms with Gasteiger partial charge in [-0.15, -0.1) is 11.8 Å². The van der Waals surface area contributed by atoms with E-state index in [0.717, 1.165) is 10.6 Å². The fraction of sp³-hybridized carbons (Fsp3) is 0.500. The van der Waals surface area contributed by atoms with E-state index in [1.54, 1.807) is 30.6 Å². The normalized spacial score (nSPS) is 19.0. The van der Waals surface area contributed by atoms with E-state index < -0.39 is 6.04 Å². The predicted molar refractivity (Wildman–Crippen MR) is 89.0 cm³/mol. The number of hydrogen-bond donors (Lipinski definition) is 1. The lowest BCUT2D eigenvalue weighted by Crippen LogP contribution is -2.51. The monoisotopic (exact) mass is 308 g/mol. The number of fused-ring (bicyclic) bond motifs is 1. The summed E-state index contributed by atoms with van der Waals surface area (Å²) in [5, 5.41) is 3.03. The Hall–Kier alpha value is -1.33. The van der Waals surface area contributed by atoms with Crippen LogP contribution in [-0.4, -0.2) is 36.6 Å². The van der Waals surface area contributed by atoms with Gasteiger partial charge in [-0.3, -0.25) is 14.5 Å². The molecule has 0 radical (unpaired) electrons. The van der Waals surface area contributed by atoms with Crippen LogP contribution in [0, 0.1) is 0 Å². The number of thioether (sulfide) groups is 1. The summed E-state index contributed by atoms with van der Waals surface area (Å²) in [6.45, 7) is 7.30. The van der Waals surface area contributed by atoms with Gasteiger partial charge in [-0.2, -0.15) is 0 Å². The van der Waals surface area contributed by atoms with Gasteiger partial charge in [0.1, 0.15) is 0 Å². The third kappa shape index (κ3) is 3.86. The summed E-state index contributed by atoms with van der Waals surface area (Å²) in [5.41, 5.74) is 0.831. The van der Waals surface area contributed by atoms with Crippen LogP contribution >= 0.6 is 11.8 Å². The first-order valence-corrected chi connectivity index (χ1v) is 8.27. The largest absolute Gasteiger partial charge is 0.308 e. The second-order valence-electron chi connectivity index (χ2n) is 4.61. The van der Waals surface area contributed by atoms with Crippen LogP contribution in [0.15, 0.2) is 29.2 Å². The number of amides is 1. The Morgan fingerprint density at radius 1 is 1.38 bits per heavy atom. The molecule has 0 saturated heterocycles. The summed E-state index contributed by atoms with van der Waals surface area (Å²) >= 11 is 1.64. The number of carbonyl (C=O) groups excluding carboxylic acids is 2. The van der Waals surface area contributed by atoms with Gasteiger partial charge in [0.2, 0.25) is 5.91 Å². The number of rotatable bonds is 3. The van der Waals surface area contributed by atoms with E-state index in [-0.39, 0.29) is 17.7 Å². The van der Waals surface area contributed by atoms with E-state index in [1.807, 2.05) is 38.1 Å². The Morgan fingerprint density at radius 2 is 2.00 bits per heavy atom. The molecule has 0 spiro atoms. The quantitative estimate of drug-likeness (QED) is 0.933. The van der Waals surface area contributed by atoms with Crippen LogP contribution in [0.1, 0.15) is 27.7 Å². The van der Waals surface area contributed by atoms with Gasteiger partial charge in [-0.05, 0) is 33.0 Å². The average molecular weight is 308 g/mol. The molecule has 0 aromatic heterocycles. The van der Waals surface area contributed by atoms with Crippen molar-refractivity contribution < 1.29 is 9.59 Å². The molecule has 21 heavy (non-hydrogen) atoms. The van der Waals surface area contributed by atoms with Crippen molar-refractivity contribution in [2.45, 2.75) is 44.7 Å². The molecule has 2 atom stereocenters. The maximum atomic E-state index is 12.6. The first-order chi connectivity index (χ1) is 10.1. The van der Waals surface area contributed by atoms with Crippen LogP contribution in [-0.2, 0) is 9.59 Å². The van der Waals surface area contributed by atoms with Gasteiger partial charge in [0.15, 0.2) is 5.78 Å². The molecular weight excluding hydrogens is 284 g/mol. The Balaban J connectivity index is 0.00000106. The van der Waals surface area contributed by atoms with Crippen LogP contribution < -0.4 is 10.2 Å². The number of Topliss-reactive ketones (excluding diaryl/α,β-unsaturated/α-hetero) is 1. The van der Waals surface area contributed by atoms with Gasteiger partial charge in [0, 0.05) is 10.6 Å². The zero-order valence-electron chi connectivity index (χ0n) is 13.3. The van der Waals surface area contributed by atoms with Crippen molar-refractivity contribution in [1.82, 2.24) is 5.32 Å². The van der Waals surface area contributed by atoms with Crippen molar-refractivity contribution in [2.75, 3.05) is 17.7 Å². The van der Waals surface area contributed by atoms with Crippen molar-refractivity contribution in [2.24, 2.45) is 0 Å². The van der Waals surface area contributed by atoms with Crippen molar-refractivity contribution >= 4 is 29.1 Å². The zero-order valence-corrected chi connectivity index (χ0v) is 14.2. The third-order valence-electron chi connectivity index (χ3n) is 3.39. The third-order valence-corrected chi connectivity index (χ3v) is 4.55. The molecule has 1 aliphatic heterocycles. The molecule has 116 valence electrons. The molecule has 0 bridgehead atoms. The molecule has 0 aliphatic carbocycles. The summed E-state index contributed by atoms with van der Waals surface area (Å²) in [5.74, 6) is 0.626. The fourth-order valence-electron chi connectivity index (χ4n) is 2.10. The Labute approximate surface area is 131 Å². The van der Waals surface area contributed by atoms with E-state index in [0.29, 0.717) is 5.75 Å². The minimum atomic E-state index is -0.441. The molecule has 1 heterocycles. The first kappa shape index (κ1) is 17.7. The summed E-state index contributed by atoms with van der Waals surface area (Å²) in [7, 11) is 1.77. The highest BCUT2D eigenvalue weighted by Crippen LogP contribution is 2.35. The Kier molecular flexibility index (Phi) is 6.92. The molecule has 1 aliphatic rings. The summed E-state index contributed by atoms with van der Waals surface area (Å²) < 4.78 is 0. The molecule has 4 nitrogen and oxygen atoms in total. The number of nitrogens with one attached hydrogen (secondary N) is 1. The highest BCUT2D eigenvalue weighted by atomic mass is 32.2. The van der Waals surface area contributed by atoms with Crippen LogP contribution in [0.4, 0.5) is 5.69 Å². The second kappa shape index (κ2) is 8.20. The Bertz CT molecular complexity index is 505. The van der Waals surface area contributed by atoms with Crippen molar-refractivity contribution in [3.8, 4) is 0 Å². The number of para-hydroxylation sites is 1. The van der Waals surface area contributed by atoms with Crippen molar-refractivity contribution in [1.29, 1.82) is 0 Å². The summed E-state index contributed by atoms with van der Waals surface area (Å²) in [6.07, 6.45) is 0. The number of hydrogen-bond acceptors (Lipinski definition) is 4. The van der Waals surface area contributed by atoms with Crippen LogP contribution in [0.2, 0.25) is 0 Å². The first-order valence-electron chi connectivity index (χ1n) is 7.29. The van der Waals surface area contributed by atoms with E-state index >= 15 is 0 Å². The lowest BCUT2D eigenvalue weighted by atomic mass is 10.1. The molecule has 1 aromatic rings. The van der Waals surface area contributed by atoms with E-state index in [9.17, 15) is 9.59 Å². The van der Waals surface area contributed by atoms with E-state index in [1.165, 1.54) is 6.92 Å². The molecule has 2 unspecified atom stereocenters. The number of anilines is 1. The maximum Gasteiger partial charge on any atom is 0.245 e. The van der Waals surface area contributed by atoms with Gasteiger partial charge in [0.25, 0.3) is 0 Å². The molecule has 1 N–H and O–H groups in total. The van der Waals surface area contributed by atoms with Crippen LogP contribution in [0.3, 0.4) is 0 Å². The lowest BCUT2D eigenvalue weighted by Gasteiger charge is -2.29. The van der Waals surface area contributed by atoms with Crippen molar-refractivity contribution in [3.05, 3.63) is 24.3 Å². The molecule has 0 fully saturated rings. The minimum Gasteiger partial charge on any atom is -0.308 e. The smallest absolute Gasteiger partial charge is 0.245 e. The average Bonchev–Trinajstić information content (AvgIpc) is 2.64. The highest BCUT2D eigenvalue weighted by Gasteiger charge is 2.34. The molecular formula is C16H24N2O2S. The fourth-order valence-corrected chi connectivity index (χ4v) is 3.24. The second-order valence-corrected chi connectivity index (χ2v) is 5.68. The number of benzene rings is 1. The number of carbonyl (C=O) groups is 2. The molecule has 1 aromatic carbocycles. The molecule has 2 rings (SSSR count). The highest BCUT2D eigenvalue weighted by molar-refractivity contribution is 7.99. The Morgan fingerprint density at radius 3 is 2.57 bits per heavy atom. The number of ketones is 1. The molecule has 0 saturated carbocycles. The van der Waals surface area contributed by atoms with E-state index in [4.69, 9.17) is 0 Å². The number of likely N-dealkylation sites (N-methyl/N-ethyl adjacent to an activating group) is 1. The minimum absolute atomic E-state index is 0.00935. The lowest BCUT2D eigenvalue weighted by molar-refractivity contribution is -0.124. The summed E-state index contributed by atoms with van der Waals surface area (Å²) in [4.78, 5) is 26.9. The summed E-state index contributed by atoms with van der Waals surface area (Å²) in [6, 6.07) is 7.03. The number of nitrogens with zero attached hydrogens (tertiary/aromatic N) is 1. The maximum absolute atomic E-state index is 12.6. The van der Waals surface area contributed by atoms with Gasteiger partial charge in [-0.25, -0.2) is 0 Å². The van der Waals surface area contributed by atoms with Gasteiger partial charge in [-0.1, -0.05) is 26.0 Å². The topological polar surface area (TPSA) is 49.4 Å². The van der Waals surface area contributed by atoms with Gasteiger partial charge >= 0.3 is 0 Å². The standard InChI is InChI=1S/C14H18N2O2S.C2H6/c1-9(10(2)17)16-12-6-4-5-7-13(12)19-8-11(15-3)14(16)18;1-2/h4-7,9,11,15H,8H2,1-3H3;1-2H3. The molecule has 1 amide bonds. The van der Waals surface area contributed by atoms with E-state index in [2.05, 4.69) is 5.32 Å². The predicted octanol–water partition coefficient (Wildman–Crippen LogP) is 2.72. The van der Waals surface area contributed by atoms with Crippen molar-refractivity contribution in [3.63, 3.8) is 0 Å². The SMILES string of the molecule is CC.CNC1CSc2ccccc2N(C(C)C(C)=O)C1=O. The van der Waals surface area contributed by atoms with Gasteiger partial charge < -0.3 is 5.32 Å². The zero-order chi connectivity index (χ0) is 16.0. The molecule has 5 heteroatoms. The van der Waals surface area contributed by atoms with Crippen LogP contribution in [0.5, 0.6) is 0 Å².